The average Bonchev–Trinajstić information content (AvgIpc) is 3.00. The lowest BCUT2D eigenvalue weighted by atomic mass is 9.98. The molecule has 0 radical (unpaired) electrons. The van der Waals surface area contributed by atoms with Gasteiger partial charge in [0.2, 0.25) is 0 Å². The third kappa shape index (κ3) is 6.75. The summed E-state index contributed by atoms with van der Waals surface area (Å²) in [7, 11) is 0. The van der Waals surface area contributed by atoms with Crippen molar-refractivity contribution in [1.29, 1.82) is 0 Å². The van der Waals surface area contributed by atoms with Crippen LogP contribution in [-0.2, 0) is 13.0 Å². The summed E-state index contributed by atoms with van der Waals surface area (Å²) in [5.74, 6) is 0.483. The second-order valence-corrected chi connectivity index (χ2v) is 9.66. The summed E-state index contributed by atoms with van der Waals surface area (Å²) in [4.78, 5) is 0. The number of halogens is 1. The molecule has 0 saturated carbocycles. The highest BCUT2D eigenvalue weighted by molar-refractivity contribution is 5.74. The van der Waals surface area contributed by atoms with Crippen molar-refractivity contribution in [2.45, 2.75) is 20.0 Å². The lowest BCUT2D eigenvalue weighted by Crippen LogP contribution is -1.98. The van der Waals surface area contributed by atoms with Gasteiger partial charge in [0.05, 0.1) is 5.69 Å². The van der Waals surface area contributed by atoms with Crippen LogP contribution in [0.3, 0.4) is 0 Å². The van der Waals surface area contributed by atoms with E-state index in [4.69, 9.17) is 10.5 Å². The smallest absolute Gasteiger partial charge is 0.142 e. The van der Waals surface area contributed by atoms with E-state index in [0.717, 1.165) is 34.2 Å². The number of hydrogen-bond acceptors (Lipinski definition) is 2. The van der Waals surface area contributed by atoms with Crippen LogP contribution < -0.4 is 10.5 Å². The first kappa shape index (κ1) is 26.7. The van der Waals surface area contributed by atoms with Gasteiger partial charge in [-0.15, -0.1) is 0 Å². The van der Waals surface area contributed by atoms with Gasteiger partial charge < -0.3 is 10.5 Å². The lowest BCUT2D eigenvalue weighted by molar-refractivity contribution is 0.308. The summed E-state index contributed by atoms with van der Waals surface area (Å²) in [5.41, 5.74) is 15.7. The molecule has 40 heavy (non-hydrogen) atoms. The van der Waals surface area contributed by atoms with Crippen molar-refractivity contribution in [2.24, 2.45) is 0 Å². The van der Waals surface area contributed by atoms with Crippen LogP contribution in [0.1, 0.15) is 23.6 Å². The second kappa shape index (κ2) is 12.8. The zero-order valence-electron chi connectivity index (χ0n) is 22.6. The average molecular weight is 526 g/mol. The molecule has 0 bridgehead atoms. The maximum absolute atomic E-state index is 13.2. The van der Waals surface area contributed by atoms with E-state index in [1.807, 2.05) is 36.4 Å². The summed E-state index contributed by atoms with van der Waals surface area (Å²) in [6, 6.07) is 39.6. The van der Waals surface area contributed by atoms with Crippen molar-refractivity contribution in [1.82, 2.24) is 0 Å². The molecule has 0 unspecified atom stereocenters. The van der Waals surface area contributed by atoms with Crippen molar-refractivity contribution in [3.8, 4) is 28.0 Å². The SMILES string of the molecule is C/C=C(\C=CCc1cccc(-c2ccc(-c3ccc(F)cc3)cc2)c1)c1ccc(COc2ccccc2N)cc1. The molecule has 5 rings (SSSR count). The lowest BCUT2D eigenvalue weighted by Gasteiger charge is -2.09. The normalized spacial score (nSPS) is 11.6. The largest absolute Gasteiger partial charge is 0.487 e. The third-order valence-corrected chi connectivity index (χ3v) is 6.89. The number of rotatable bonds is 9. The predicted molar refractivity (Wildman–Crippen MR) is 165 cm³/mol. The molecule has 0 atom stereocenters. The van der Waals surface area contributed by atoms with Gasteiger partial charge in [-0.2, -0.15) is 0 Å². The Morgan fingerprint density at radius 3 is 2.02 bits per heavy atom. The minimum absolute atomic E-state index is 0.221. The molecule has 2 nitrogen and oxygen atoms in total. The zero-order valence-corrected chi connectivity index (χ0v) is 22.6. The number of ether oxygens (including phenoxy) is 1. The van der Waals surface area contributed by atoms with Crippen LogP contribution in [0.2, 0.25) is 0 Å². The van der Waals surface area contributed by atoms with Crippen LogP contribution in [0.5, 0.6) is 5.75 Å². The van der Waals surface area contributed by atoms with E-state index in [1.165, 1.54) is 28.8 Å². The summed E-state index contributed by atoms with van der Waals surface area (Å²) in [6.45, 7) is 2.53. The second-order valence-electron chi connectivity index (χ2n) is 9.66. The van der Waals surface area contributed by atoms with E-state index in [0.29, 0.717) is 18.0 Å². The van der Waals surface area contributed by atoms with Gasteiger partial charge in [0.15, 0.2) is 0 Å². The molecule has 0 fully saturated rings. The van der Waals surface area contributed by atoms with Gasteiger partial charge in [-0.3, -0.25) is 0 Å². The monoisotopic (exact) mass is 525 g/mol. The number of benzene rings is 5. The Morgan fingerprint density at radius 2 is 1.35 bits per heavy atom. The van der Waals surface area contributed by atoms with Crippen molar-refractivity contribution in [3.63, 3.8) is 0 Å². The van der Waals surface area contributed by atoms with Crippen LogP contribution in [-0.4, -0.2) is 0 Å². The van der Waals surface area contributed by atoms with E-state index >= 15 is 0 Å². The standard InChI is InChI=1S/C37H32FNO/c1-2-29(30-15-13-28(14-16-30)26-40-37-12-4-3-11-36(37)39)9-5-7-27-8-6-10-34(25-27)33-19-17-31(18-20-33)32-21-23-35(38)24-22-32/h2-6,8-25H,7,26,39H2,1H3/b9-5?,29-2+. The fourth-order valence-electron chi connectivity index (χ4n) is 4.62. The maximum atomic E-state index is 13.2. The summed E-state index contributed by atoms with van der Waals surface area (Å²) >= 11 is 0. The number of nitrogens with two attached hydrogens (primary N) is 1. The molecule has 0 saturated heterocycles. The van der Waals surface area contributed by atoms with Crippen molar-refractivity contribution in [2.75, 3.05) is 5.73 Å². The Hall–Kier alpha value is -4.89. The topological polar surface area (TPSA) is 35.2 Å². The van der Waals surface area contributed by atoms with Crippen LogP contribution >= 0.6 is 0 Å². The van der Waals surface area contributed by atoms with Gasteiger partial charge in [-0.1, -0.05) is 115 Å². The number of allylic oxidation sites excluding steroid dienone is 4. The van der Waals surface area contributed by atoms with Gasteiger partial charge in [0.25, 0.3) is 0 Å². The van der Waals surface area contributed by atoms with Gasteiger partial charge in [-0.05, 0) is 82.1 Å². The fourth-order valence-corrected chi connectivity index (χ4v) is 4.62. The van der Waals surface area contributed by atoms with E-state index in [2.05, 4.69) is 97.9 Å². The van der Waals surface area contributed by atoms with E-state index < -0.39 is 0 Å². The number of para-hydroxylation sites is 2. The summed E-state index contributed by atoms with van der Waals surface area (Å²) in [5, 5.41) is 0. The zero-order chi connectivity index (χ0) is 27.7. The highest BCUT2D eigenvalue weighted by Crippen LogP contribution is 2.26. The minimum atomic E-state index is -0.221. The molecule has 5 aromatic rings. The van der Waals surface area contributed by atoms with Crippen molar-refractivity contribution < 1.29 is 9.13 Å². The van der Waals surface area contributed by atoms with Crippen LogP contribution in [0.25, 0.3) is 27.8 Å². The first-order valence-corrected chi connectivity index (χ1v) is 13.4. The van der Waals surface area contributed by atoms with Gasteiger partial charge in [-0.25, -0.2) is 4.39 Å². The Bertz CT molecular complexity index is 1620. The quantitative estimate of drug-likeness (QED) is 0.154. The summed E-state index contributed by atoms with van der Waals surface area (Å²) < 4.78 is 19.1. The Morgan fingerprint density at radius 1 is 0.700 bits per heavy atom. The highest BCUT2D eigenvalue weighted by Gasteiger charge is 2.04. The third-order valence-electron chi connectivity index (χ3n) is 6.89. The van der Waals surface area contributed by atoms with Gasteiger partial charge >= 0.3 is 0 Å². The fraction of sp³-hybridized carbons (Fsp3) is 0.0811. The predicted octanol–water partition coefficient (Wildman–Crippen LogP) is 9.52. The molecule has 0 aliphatic carbocycles. The minimum Gasteiger partial charge on any atom is -0.487 e. The molecular weight excluding hydrogens is 493 g/mol. The van der Waals surface area contributed by atoms with Gasteiger partial charge in [0, 0.05) is 0 Å². The van der Waals surface area contributed by atoms with Crippen LogP contribution in [0.15, 0.2) is 140 Å². The Balaban J connectivity index is 1.20. The number of nitrogen functional groups attached to an aromatic ring is 1. The number of anilines is 1. The molecule has 3 heteroatoms. The molecule has 198 valence electrons. The molecular formula is C37H32FNO. The van der Waals surface area contributed by atoms with Crippen molar-refractivity contribution in [3.05, 3.63) is 162 Å². The van der Waals surface area contributed by atoms with Crippen LogP contribution in [0.4, 0.5) is 10.1 Å². The molecule has 5 aromatic carbocycles. The van der Waals surface area contributed by atoms with E-state index in [1.54, 1.807) is 0 Å². The van der Waals surface area contributed by atoms with E-state index in [-0.39, 0.29) is 5.82 Å². The number of hydrogen-bond donors (Lipinski definition) is 1. The summed E-state index contributed by atoms with van der Waals surface area (Å²) in [6.07, 6.45) is 7.36. The molecule has 0 aliphatic heterocycles. The molecule has 0 spiro atoms. The van der Waals surface area contributed by atoms with Crippen LogP contribution in [0, 0.1) is 5.82 Å². The Labute approximate surface area is 235 Å². The maximum Gasteiger partial charge on any atom is 0.142 e. The molecule has 2 N–H and O–H groups in total. The first-order valence-electron chi connectivity index (χ1n) is 13.4. The highest BCUT2D eigenvalue weighted by atomic mass is 19.1. The molecule has 0 aliphatic rings. The van der Waals surface area contributed by atoms with E-state index in [9.17, 15) is 4.39 Å². The molecule has 0 aromatic heterocycles. The Kier molecular flexibility index (Phi) is 8.53. The molecule has 0 heterocycles. The molecule has 0 amide bonds. The first-order chi connectivity index (χ1) is 19.6. The van der Waals surface area contributed by atoms with Crippen molar-refractivity contribution >= 4 is 11.3 Å². The van der Waals surface area contributed by atoms with Gasteiger partial charge in [0.1, 0.15) is 18.2 Å².